The molecule has 1 unspecified atom stereocenters. The predicted octanol–water partition coefficient (Wildman–Crippen LogP) is 3.26. The van der Waals surface area contributed by atoms with Crippen molar-refractivity contribution in [2.24, 2.45) is 5.73 Å². The highest BCUT2D eigenvalue weighted by Gasteiger charge is 2.33. The first-order valence-corrected chi connectivity index (χ1v) is 11.7. The van der Waals surface area contributed by atoms with Gasteiger partial charge in [0.1, 0.15) is 12.7 Å². The smallest absolute Gasteiger partial charge is 0.437 e. The number of hydrogen-bond donors (Lipinski definition) is 1. The third-order valence-electron chi connectivity index (χ3n) is 6.19. The molecule has 11 heteroatoms. The molecule has 0 saturated carbocycles. The molecule has 3 heterocycles. The Bertz CT molecular complexity index is 1280. The molecule has 1 fully saturated rings. The summed E-state index contributed by atoms with van der Waals surface area (Å²) in [7, 11) is 2.04. The zero-order chi connectivity index (χ0) is 24.5. The fourth-order valence-corrected chi connectivity index (χ4v) is 4.65. The van der Waals surface area contributed by atoms with Crippen molar-refractivity contribution in [2.45, 2.75) is 31.4 Å². The number of nitrogens with zero attached hydrogens (tertiary/aromatic N) is 3. The van der Waals surface area contributed by atoms with Crippen LogP contribution in [0, 0.1) is 0 Å². The summed E-state index contributed by atoms with van der Waals surface area (Å²) in [4.78, 5) is 26.4. The predicted molar refractivity (Wildman–Crippen MR) is 127 cm³/mol. The molecule has 1 saturated heterocycles. The molecule has 1 amide bonds. The second-order valence-corrected chi connectivity index (χ2v) is 9.11. The molecule has 2 aliphatic heterocycles. The maximum absolute atomic E-state index is 12.7. The van der Waals surface area contributed by atoms with Gasteiger partial charge >= 0.3 is 11.8 Å². The van der Waals surface area contributed by atoms with E-state index in [4.69, 9.17) is 36.0 Å². The van der Waals surface area contributed by atoms with Crippen molar-refractivity contribution < 1.29 is 23.4 Å². The largest absolute Gasteiger partial charge is 0.482 e. The molecule has 0 spiro atoms. The van der Waals surface area contributed by atoms with Crippen molar-refractivity contribution in [1.82, 2.24) is 14.7 Å². The molecule has 10 nitrogen and oxygen atoms in total. The zero-order valence-electron chi connectivity index (χ0n) is 19.1. The molecule has 0 radical (unpaired) electrons. The van der Waals surface area contributed by atoms with Crippen LogP contribution in [0.15, 0.2) is 45.6 Å². The van der Waals surface area contributed by atoms with Crippen LogP contribution in [0.25, 0.3) is 11.5 Å². The Labute approximate surface area is 206 Å². The second-order valence-electron chi connectivity index (χ2n) is 8.71. The lowest BCUT2D eigenvalue weighted by atomic mass is 10.1. The van der Waals surface area contributed by atoms with E-state index in [0.717, 1.165) is 31.5 Å². The van der Waals surface area contributed by atoms with E-state index in [9.17, 15) is 9.59 Å². The van der Waals surface area contributed by atoms with Gasteiger partial charge < -0.3 is 29.3 Å². The molecule has 2 N–H and O–H groups in total. The van der Waals surface area contributed by atoms with Gasteiger partial charge in [0.05, 0.1) is 16.6 Å². The highest BCUT2D eigenvalue weighted by molar-refractivity contribution is 6.33. The zero-order valence-corrected chi connectivity index (χ0v) is 19.9. The number of halogens is 1. The van der Waals surface area contributed by atoms with Gasteiger partial charge in [-0.2, -0.15) is 4.68 Å². The number of ether oxygens (including phenoxy) is 3. The average Bonchev–Trinajstić information content (AvgIpc) is 3.23. The first-order valence-electron chi connectivity index (χ1n) is 11.3. The molecule has 3 aromatic rings. The van der Waals surface area contributed by atoms with Crippen LogP contribution in [-0.2, 0) is 6.42 Å². The summed E-state index contributed by atoms with van der Waals surface area (Å²) in [5.41, 5.74) is 6.61. The van der Waals surface area contributed by atoms with Gasteiger partial charge in [-0.1, -0.05) is 41.9 Å². The number of hydrogen-bond acceptors (Lipinski definition) is 8. The molecule has 1 aromatic heterocycles. The van der Waals surface area contributed by atoms with Crippen molar-refractivity contribution >= 4 is 17.7 Å². The van der Waals surface area contributed by atoms with Crippen LogP contribution in [0.2, 0.25) is 5.02 Å². The van der Waals surface area contributed by atoms with Crippen LogP contribution < -0.4 is 25.7 Å². The van der Waals surface area contributed by atoms with Crippen LogP contribution in [0.4, 0.5) is 4.79 Å². The summed E-state index contributed by atoms with van der Waals surface area (Å²) in [5, 5.41) is 4.51. The molecule has 0 bridgehead atoms. The number of benzene rings is 2. The average molecular weight is 501 g/mol. The van der Waals surface area contributed by atoms with Gasteiger partial charge in [0.2, 0.25) is 5.75 Å². The van der Waals surface area contributed by atoms with E-state index in [1.165, 1.54) is 10.7 Å². The molecular weight excluding hydrogens is 476 g/mol. The minimum Gasteiger partial charge on any atom is -0.482 e. The van der Waals surface area contributed by atoms with E-state index in [-0.39, 0.29) is 46.9 Å². The lowest BCUT2D eigenvalue weighted by Gasteiger charge is -2.29. The van der Waals surface area contributed by atoms with Gasteiger partial charge in [0.15, 0.2) is 11.5 Å². The first-order chi connectivity index (χ1) is 16.9. The Morgan fingerprint density at radius 2 is 1.97 bits per heavy atom. The van der Waals surface area contributed by atoms with Crippen molar-refractivity contribution in [3.05, 3.63) is 57.5 Å². The third-order valence-corrected chi connectivity index (χ3v) is 6.47. The van der Waals surface area contributed by atoms with Crippen molar-refractivity contribution in [2.75, 3.05) is 26.7 Å². The number of aromatic nitrogens is 2. The van der Waals surface area contributed by atoms with Gasteiger partial charge in [-0.15, -0.1) is 5.10 Å². The molecule has 1 atom stereocenters. The molecule has 184 valence electrons. The lowest BCUT2D eigenvalue weighted by Crippen LogP contribution is -2.34. The number of carbonyl (C=O) groups is 1. The van der Waals surface area contributed by atoms with E-state index < -0.39 is 11.8 Å². The minimum atomic E-state index is -1.05. The Hall–Kier alpha value is -3.50. The Morgan fingerprint density at radius 3 is 2.69 bits per heavy atom. The second kappa shape index (κ2) is 9.63. The maximum atomic E-state index is 12.7. The number of likely N-dealkylation sites (tertiary alicyclic amines) is 1. The molecule has 0 aliphatic carbocycles. The van der Waals surface area contributed by atoms with Crippen molar-refractivity contribution in [3.63, 3.8) is 0 Å². The topological polar surface area (TPSA) is 122 Å². The van der Waals surface area contributed by atoms with E-state index in [1.54, 1.807) is 0 Å². The van der Waals surface area contributed by atoms with E-state index in [1.807, 2.05) is 37.4 Å². The lowest BCUT2D eigenvalue weighted by molar-refractivity contribution is 0.0888. The van der Waals surface area contributed by atoms with Crippen molar-refractivity contribution in [1.29, 1.82) is 0 Å². The number of amides is 1. The van der Waals surface area contributed by atoms with Gasteiger partial charge in [0.25, 0.3) is 5.89 Å². The van der Waals surface area contributed by atoms with Gasteiger partial charge in [-0.25, -0.2) is 9.59 Å². The normalized spacial score (nSPS) is 18.4. The standard InChI is InChI=1S/C24H25ClN4O6/c1-28-9-7-15(8-10-28)29-24(31)35-22(27-29)17-12-18(25)20(34-23(26)30)21-19(17)33-16(13-32-21)11-14-5-3-2-4-6-14/h2-6,12,15-16H,7-11,13H2,1H3,(H2,26,30). The van der Waals surface area contributed by atoms with Crippen LogP contribution in [0.1, 0.15) is 24.4 Å². The number of carbonyl (C=O) groups excluding carboxylic acids is 1. The number of piperidine rings is 1. The van der Waals surface area contributed by atoms with E-state index in [0.29, 0.717) is 12.0 Å². The molecular formula is C24H25ClN4O6. The maximum Gasteiger partial charge on any atom is 0.437 e. The SMILES string of the molecule is CN1CCC(n2nc(-c3cc(Cl)c(OC(N)=O)c4c3OC(Cc3ccccc3)CO4)oc2=O)CC1. The van der Waals surface area contributed by atoms with Crippen molar-refractivity contribution in [3.8, 4) is 28.7 Å². The molecule has 2 aliphatic rings. The van der Waals surface area contributed by atoms with Gasteiger partial charge in [0, 0.05) is 6.42 Å². The summed E-state index contributed by atoms with van der Waals surface area (Å²) < 4.78 is 24.2. The summed E-state index contributed by atoms with van der Waals surface area (Å²) in [6.45, 7) is 1.90. The Morgan fingerprint density at radius 1 is 1.23 bits per heavy atom. The highest BCUT2D eigenvalue weighted by atomic mass is 35.5. The van der Waals surface area contributed by atoms with Crippen LogP contribution in [-0.4, -0.2) is 53.6 Å². The minimum absolute atomic E-state index is 0.0409. The monoisotopic (exact) mass is 500 g/mol. The molecule has 5 rings (SSSR count). The summed E-state index contributed by atoms with van der Waals surface area (Å²) in [5.74, 6) is -0.258. The fourth-order valence-electron chi connectivity index (χ4n) is 4.42. The third kappa shape index (κ3) is 4.85. The number of fused-ring (bicyclic) bond motifs is 1. The van der Waals surface area contributed by atoms with Crippen LogP contribution in [0.5, 0.6) is 17.2 Å². The number of primary amides is 1. The quantitative estimate of drug-likeness (QED) is 0.566. The summed E-state index contributed by atoms with van der Waals surface area (Å²) >= 11 is 6.41. The summed E-state index contributed by atoms with van der Waals surface area (Å²) in [6, 6.07) is 11.2. The molecule has 2 aromatic carbocycles. The molecule has 35 heavy (non-hydrogen) atoms. The van der Waals surface area contributed by atoms with Crippen LogP contribution in [0.3, 0.4) is 0 Å². The Balaban J connectivity index is 1.53. The highest BCUT2D eigenvalue weighted by Crippen LogP contribution is 2.50. The fraction of sp³-hybridized carbons (Fsp3) is 0.375. The summed E-state index contributed by atoms with van der Waals surface area (Å²) in [6.07, 6.45) is 0.739. The van der Waals surface area contributed by atoms with E-state index in [2.05, 4.69) is 10.00 Å². The first kappa shape index (κ1) is 23.3. The number of rotatable bonds is 5. The van der Waals surface area contributed by atoms with Gasteiger partial charge in [-0.05, 0) is 44.6 Å². The van der Waals surface area contributed by atoms with Gasteiger partial charge in [-0.3, -0.25) is 0 Å². The van der Waals surface area contributed by atoms with E-state index >= 15 is 0 Å². The number of nitrogens with two attached hydrogens (primary N) is 1. The Kier molecular flexibility index (Phi) is 6.40. The van der Waals surface area contributed by atoms with Crippen LogP contribution >= 0.6 is 11.6 Å².